The van der Waals surface area contributed by atoms with E-state index in [0.29, 0.717) is 86.9 Å². The fraction of sp³-hybridized carbons (Fsp3) is 0.426. The van der Waals surface area contributed by atoms with Crippen LogP contribution in [0.1, 0.15) is 69.6 Å². The predicted molar refractivity (Wildman–Crippen MR) is 257 cm³/mol. The molecule has 0 heterocycles. The second-order valence-corrected chi connectivity index (χ2v) is 17.4. The van der Waals surface area contributed by atoms with Gasteiger partial charge in [0.25, 0.3) is 0 Å². The number of carbonyl (C=O) groups excluding carboxylic acids is 3. The van der Waals surface area contributed by atoms with E-state index in [-0.39, 0.29) is 49.8 Å². The van der Waals surface area contributed by atoms with Crippen molar-refractivity contribution < 1.29 is 43.9 Å². The lowest BCUT2D eigenvalue weighted by Crippen LogP contribution is -2.46. The molecule has 3 aliphatic rings. The number of ether oxygens (including phenoxy) is 3. The molecule has 6 unspecified atom stereocenters. The number of nitrogens with zero attached hydrogens (tertiary/aromatic N) is 1. The van der Waals surface area contributed by atoms with Crippen LogP contribution in [-0.4, -0.2) is 95.5 Å². The van der Waals surface area contributed by atoms with Crippen molar-refractivity contribution in [1.82, 2.24) is 20.9 Å². The number of hydrogen-bond acceptors (Lipinski definition) is 11. The molecule has 3 aromatic carbocycles. The number of aliphatic hydroxyl groups excluding tert-OH is 3. The van der Waals surface area contributed by atoms with E-state index in [1.54, 1.807) is 19.9 Å². The lowest BCUT2D eigenvalue weighted by atomic mass is 9.85. The van der Waals surface area contributed by atoms with Gasteiger partial charge in [-0.15, -0.1) is 0 Å². The number of aliphatic hydroxyl groups is 3. The summed E-state index contributed by atoms with van der Waals surface area (Å²) in [6, 6.07) is 29.1. The fourth-order valence-corrected chi connectivity index (χ4v) is 8.77. The van der Waals surface area contributed by atoms with Crippen LogP contribution in [0.4, 0.5) is 0 Å². The van der Waals surface area contributed by atoms with Crippen molar-refractivity contribution in [2.24, 2.45) is 17.8 Å². The van der Waals surface area contributed by atoms with E-state index < -0.39 is 30.3 Å². The first-order chi connectivity index (χ1) is 32.5. The quantitative estimate of drug-likeness (QED) is 0.0538. The molecule has 358 valence electrons. The fourth-order valence-electron chi connectivity index (χ4n) is 8.77. The monoisotopic (exact) mass is 916 g/mol. The van der Waals surface area contributed by atoms with Gasteiger partial charge in [0.2, 0.25) is 11.8 Å². The summed E-state index contributed by atoms with van der Waals surface area (Å²) in [6.07, 6.45) is 7.71. The number of carbonyl (C=O) groups is 3. The normalized spacial score (nSPS) is 19.8. The summed E-state index contributed by atoms with van der Waals surface area (Å²) in [5.41, 5.74) is 4.60. The molecular weight excluding hydrogens is 849 g/mol. The molecule has 0 saturated carbocycles. The molecule has 0 aliphatic heterocycles. The summed E-state index contributed by atoms with van der Waals surface area (Å²) in [7, 11) is 0. The van der Waals surface area contributed by atoms with Gasteiger partial charge in [0.15, 0.2) is 5.78 Å². The molecule has 6 rings (SSSR count). The molecule has 67 heavy (non-hydrogen) atoms. The zero-order valence-corrected chi connectivity index (χ0v) is 39.1. The number of nitrogens with one attached hydrogen (secondary N) is 3. The minimum absolute atomic E-state index is 0.183. The van der Waals surface area contributed by atoms with E-state index in [1.165, 1.54) is 6.92 Å². The number of hydrogen-bond donors (Lipinski definition) is 6. The molecule has 13 heteroatoms. The molecule has 13 nitrogen and oxygen atoms in total. The Labute approximate surface area is 395 Å². The second kappa shape index (κ2) is 25.9. The van der Waals surface area contributed by atoms with E-state index in [4.69, 9.17) is 14.2 Å². The number of benzene rings is 3. The van der Waals surface area contributed by atoms with Crippen LogP contribution < -0.4 is 16.0 Å². The molecule has 3 aromatic rings. The molecule has 0 bridgehead atoms. The lowest BCUT2D eigenvalue weighted by Gasteiger charge is -2.33. The van der Waals surface area contributed by atoms with Gasteiger partial charge < -0.3 is 40.2 Å². The van der Waals surface area contributed by atoms with Crippen LogP contribution in [0.15, 0.2) is 149 Å². The van der Waals surface area contributed by atoms with Gasteiger partial charge >= 0.3 is 0 Å². The second-order valence-electron chi connectivity index (χ2n) is 17.4. The minimum Gasteiger partial charge on any atom is -0.493 e. The van der Waals surface area contributed by atoms with Crippen molar-refractivity contribution in [3.8, 4) is 0 Å². The third-order valence-electron chi connectivity index (χ3n) is 12.4. The maximum atomic E-state index is 13.9. The van der Waals surface area contributed by atoms with Gasteiger partial charge in [0, 0.05) is 44.8 Å². The SMILES string of the molecule is CC(=O)C1=C(OCc2ccccc2)C(C(=O)NCCN(CCNC(=O)C2CC=CC(C(C)O)=C2OCc2ccccc2)CCNC(O)C2CCCC(C(C)O)=C2OCc2ccccc2)CC=C1. The Balaban J connectivity index is 1.11. The topological polar surface area (TPSA) is 179 Å². The minimum atomic E-state index is -0.958. The van der Waals surface area contributed by atoms with Crippen molar-refractivity contribution >= 4 is 17.6 Å². The Morgan fingerprint density at radius 3 is 1.63 bits per heavy atom. The highest BCUT2D eigenvalue weighted by Gasteiger charge is 2.34. The highest BCUT2D eigenvalue weighted by atomic mass is 16.5. The molecule has 0 fully saturated rings. The Morgan fingerprint density at radius 1 is 0.642 bits per heavy atom. The molecule has 3 aliphatic carbocycles. The van der Waals surface area contributed by atoms with E-state index in [1.807, 2.05) is 109 Å². The number of ketones is 1. The van der Waals surface area contributed by atoms with E-state index in [2.05, 4.69) is 20.9 Å². The molecule has 0 saturated heterocycles. The van der Waals surface area contributed by atoms with Crippen molar-refractivity contribution in [2.45, 2.75) is 91.1 Å². The maximum absolute atomic E-state index is 13.9. The molecule has 6 atom stereocenters. The summed E-state index contributed by atoms with van der Waals surface area (Å²) < 4.78 is 18.8. The third kappa shape index (κ3) is 14.8. The highest BCUT2D eigenvalue weighted by molar-refractivity contribution is 5.98. The van der Waals surface area contributed by atoms with Crippen LogP contribution in [0.25, 0.3) is 0 Å². The zero-order valence-electron chi connectivity index (χ0n) is 39.1. The van der Waals surface area contributed by atoms with Gasteiger partial charge in [0.05, 0.1) is 35.5 Å². The van der Waals surface area contributed by atoms with Crippen LogP contribution in [0, 0.1) is 17.8 Å². The summed E-state index contributed by atoms with van der Waals surface area (Å²) >= 11 is 0. The predicted octanol–water partition coefficient (Wildman–Crippen LogP) is 6.14. The summed E-state index contributed by atoms with van der Waals surface area (Å²) in [5, 5.41) is 42.4. The first-order valence-corrected chi connectivity index (χ1v) is 23.6. The summed E-state index contributed by atoms with van der Waals surface area (Å²) in [5.74, 6) is -0.931. The molecule has 0 aromatic heterocycles. The standard InChI is InChI=1S/C54H68N4O9/c1-37(59)43-22-13-25-46(49(43)65-34-40-16-7-4-8-17-40)52(62)55-28-31-58(32-29-56-53(63)47-26-14-23-44(38(2)60)50(47)66-35-41-18-9-5-10-19-41)33-30-57-54(64)48-27-15-24-45(39(3)61)51(48)67-36-42-20-11-6-12-21-42/h4-14,16-23,37,39,46-48,54,57,59,61,64H,15,24-36H2,1-3H3,(H,55,62)(H,56,63). The molecule has 0 spiro atoms. The maximum Gasteiger partial charge on any atom is 0.231 e. The first kappa shape index (κ1) is 50.6. The van der Waals surface area contributed by atoms with Crippen molar-refractivity contribution in [1.29, 1.82) is 0 Å². The first-order valence-electron chi connectivity index (χ1n) is 23.6. The van der Waals surface area contributed by atoms with Gasteiger partial charge in [-0.25, -0.2) is 0 Å². The Kier molecular flexibility index (Phi) is 19.6. The average molecular weight is 917 g/mol. The van der Waals surface area contributed by atoms with Crippen LogP contribution in [0.2, 0.25) is 0 Å². The Bertz CT molecular complexity index is 2240. The van der Waals surface area contributed by atoms with E-state index in [0.717, 1.165) is 28.7 Å². The van der Waals surface area contributed by atoms with Gasteiger partial charge in [-0.1, -0.05) is 115 Å². The van der Waals surface area contributed by atoms with Crippen molar-refractivity contribution in [2.75, 3.05) is 39.3 Å². The van der Waals surface area contributed by atoms with Gasteiger partial charge in [0.1, 0.15) is 43.3 Å². The molecular formula is C54H68N4O9. The summed E-state index contributed by atoms with van der Waals surface area (Å²) in [4.78, 5) is 42.5. The van der Waals surface area contributed by atoms with Gasteiger partial charge in [-0.2, -0.15) is 0 Å². The van der Waals surface area contributed by atoms with Crippen LogP contribution in [0.5, 0.6) is 0 Å². The van der Waals surface area contributed by atoms with E-state index >= 15 is 0 Å². The summed E-state index contributed by atoms with van der Waals surface area (Å²) in [6.45, 7) is 7.85. The average Bonchev–Trinajstić information content (AvgIpc) is 3.34. The van der Waals surface area contributed by atoms with Crippen molar-refractivity contribution in [3.05, 3.63) is 166 Å². The zero-order chi connectivity index (χ0) is 47.5. The highest BCUT2D eigenvalue weighted by Crippen LogP contribution is 2.35. The Morgan fingerprint density at radius 2 is 1.12 bits per heavy atom. The number of Topliss-reactive ketones (excluding diaryl/α,β-unsaturated/α-hetero) is 1. The number of rotatable bonds is 25. The number of allylic oxidation sites excluding steroid dienone is 4. The van der Waals surface area contributed by atoms with E-state index in [9.17, 15) is 29.7 Å². The Hall–Kier alpha value is -5.83. The van der Waals surface area contributed by atoms with Crippen LogP contribution >= 0.6 is 0 Å². The van der Waals surface area contributed by atoms with Crippen LogP contribution in [-0.2, 0) is 48.4 Å². The van der Waals surface area contributed by atoms with Crippen molar-refractivity contribution in [3.63, 3.8) is 0 Å². The largest absolute Gasteiger partial charge is 0.493 e. The lowest BCUT2D eigenvalue weighted by molar-refractivity contribution is -0.125. The third-order valence-corrected chi connectivity index (χ3v) is 12.4. The molecule has 6 N–H and O–H groups in total. The molecule has 0 radical (unpaired) electrons. The molecule has 2 amide bonds. The van der Waals surface area contributed by atoms with Crippen LogP contribution in [0.3, 0.4) is 0 Å². The smallest absolute Gasteiger partial charge is 0.231 e. The van der Waals surface area contributed by atoms with Gasteiger partial charge in [-0.3, -0.25) is 24.6 Å². The van der Waals surface area contributed by atoms with Gasteiger partial charge in [-0.05, 0) is 75.1 Å². The number of amides is 2.